The smallest absolute Gasteiger partial charge is 0.412 e. The molecule has 1 unspecified atom stereocenters. The van der Waals surface area contributed by atoms with E-state index in [1.54, 1.807) is 26.8 Å². The fraction of sp³-hybridized carbons (Fsp3) is 0.588. The van der Waals surface area contributed by atoms with Gasteiger partial charge in [-0.2, -0.15) is 0 Å². The number of halogens is 1. The maximum atomic E-state index is 13.5. The average Bonchev–Trinajstić information content (AvgIpc) is 3.21. The normalized spacial score (nSPS) is 16.0. The number of amides is 1. The summed E-state index contributed by atoms with van der Waals surface area (Å²) in [6.07, 6.45) is 2.83. The molecular weight excluding hydrogens is 283 g/mol. The third-order valence-electron chi connectivity index (χ3n) is 3.59. The predicted molar refractivity (Wildman–Crippen MR) is 86.7 cm³/mol. The van der Waals surface area contributed by atoms with E-state index in [2.05, 4.69) is 17.6 Å². The number of nitrogens with one attached hydrogen (secondary N) is 2. The van der Waals surface area contributed by atoms with Crippen LogP contribution < -0.4 is 10.6 Å². The molecule has 1 aromatic rings. The van der Waals surface area contributed by atoms with Gasteiger partial charge in [0.2, 0.25) is 0 Å². The molecule has 0 radical (unpaired) electrons. The summed E-state index contributed by atoms with van der Waals surface area (Å²) in [6, 6.07) is 4.61. The second kappa shape index (κ2) is 6.55. The van der Waals surface area contributed by atoms with Crippen LogP contribution >= 0.6 is 0 Å². The van der Waals surface area contributed by atoms with Crippen LogP contribution in [0.2, 0.25) is 0 Å². The van der Waals surface area contributed by atoms with Gasteiger partial charge in [-0.1, -0.05) is 6.92 Å². The highest BCUT2D eigenvalue weighted by molar-refractivity contribution is 5.89. The molecular formula is C17H25FN2O2. The average molecular weight is 308 g/mol. The lowest BCUT2D eigenvalue weighted by Crippen LogP contribution is -2.28. The fourth-order valence-electron chi connectivity index (χ4n) is 2.41. The second-order valence-electron chi connectivity index (χ2n) is 6.81. The van der Waals surface area contributed by atoms with E-state index in [1.807, 2.05) is 0 Å². The first-order valence-corrected chi connectivity index (χ1v) is 7.84. The Morgan fingerprint density at radius 1 is 1.36 bits per heavy atom. The van der Waals surface area contributed by atoms with Crippen LogP contribution in [0.3, 0.4) is 0 Å². The molecule has 0 spiro atoms. The Balaban J connectivity index is 2.11. The number of hydrogen-bond donors (Lipinski definition) is 2. The van der Waals surface area contributed by atoms with E-state index in [9.17, 15) is 9.18 Å². The molecule has 1 aliphatic carbocycles. The van der Waals surface area contributed by atoms with Crippen molar-refractivity contribution in [2.24, 2.45) is 5.92 Å². The van der Waals surface area contributed by atoms with Gasteiger partial charge in [-0.3, -0.25) is 5.32 Å². The van der Waals surface area contributed by atoms with Crippen molar-refractivity contribution in [1.29, 1.82) is 0 Å². The van der Waals surface area contributed by atoms with Crippen molar-refractivity contribution in [3.8, 4) is 0 Å². The molecule has 122 valence electrons. The van der Waals surface area contributed by atoms with Crippen LogP contribution in [0, 0.1) is 11.7 Å². The molecule has 22 heavy (non-hydrogen) atoms. The molecule has 4 nitrogen and oxygen atoms in total. The lowest BCUT2D eigenvalue weighted by molar-refractivity contribution is 0.0636. The summed E-state index contributed by atoms with van der Waals surface area (Å²) < 4.78 is 18.8. The van der Waals surface area contributed by atoms with E-state index in [0.717, 1.165) is 6.42 Å². The summed E-state index contributed by atoms with van der Waals surface area (Å²) in [5.74, 6) is 0.311. The number of hydrogen-bond acceptors (Lipinski definition) is 3. The molecule has 0 bridgehead atoms. The van der Waals surface area contributed by atoms with Gasteiger partial charge in [0.25, 0.3) is 0 Å². The van der Waals surface area contributed by atoms with Crippen molar-refractivity contribution >= 4 is 17.5 Å². The lowest BCUT2D eigenvalue weighted by atomic mass is 10.1. The number of rotatable bonds is 5. The number of ether oxygens (including phenoxy) is 1. The summed E-state index contributed by atoms with van der Waals surface area (Å²) >= 11 is 0. The zero-order valence-corrected chi connectivity index (χ0v) is 13.7. The van der Waals surface area contributed by atoms with Crippen molar-refractivity contribution in [2.45, 2.75) is 58.6 Å². The number of benzene rings is 1. The molecule has 1 saturated carbocycles. The summed E-state index contributed by atoms with van der Waals surface area (Å²) in [6.45, 7) is 7.51. The molecule has 1 atom stereocenters. The van der Waals surface area contributed by atoms with Crippen LogP contribution in [-0.4, -0.2) is 17.7 Å². The maximum Gasteiger partial charge on any atom is 0.412 e. The van der Waals surface area contributed by atoms with Gasteiger partial charge in [0.15, 0.2) is 0 Å². The molecule has 2 rings (SSSR count). The molecule has 5 heteroatoms. The Morgan fingerprint density at radius 3 is 2.59 bits per heavy atom. The van der Waals surface area contributed by atoms with E-state index < -0.39 is 11.7 Å². The Kier molecular flexibility index (Phi) is 4.94. The first-order chi connectivity index (χ1) is 10.3. The van der Waals surface area contributed by atoms with Gasteiger partial charge in [-0.15, -0.1) is 0 Å². The molecule has 1 aromatic carbocycles. The van der Waals surface area contributed by atoms with Crippen LogP contribution in [0.5, 0.6) is 0 Å². The van der Waals surface area contributed by atoms with E-state index in [4.69, 9.17) is 4.74 Å². The van der Waals surface area contributed by atoms with Crippen molar-refractivity contribution in [1.82, 2.24) is 0 Å². The predicted octanol–water partition coefficient (Wildman–Crippen LogP) is 4.77. The maximum absolute atomic E-state index is 13.5. The summed E-state index contributed by atoms with van der Waals surface area (Å²) in [5.41, 5.74) is 0.567. The monoisotopic (exact) mass is 308 g/mol. The lowest BCUT2D eigenvalue weighted by Gasteiger charge is -2.22. The third-order valence-corrected chi connectivity index (χ3v) is 3.59. The summed E-state index contributed by atoms with van der Waals surface area (Å²) in [5, 5.41) is 6.05. The highest BCUT2D eigenvalue weighted by Gasteiger charge is 2.30. The first-order valence-electron chi connectivity index (χ1n) is 7.84. The Hall–Kier alpha value is -1.78. The quantitative estimate of drug-likeness (QED) is 0.823. The minimum absolute atomic E-state index is 0.306. The first kappa shape index (κ1) is 16.6. The Bertz CT molecular complexity index is 536. The highest BCUT2D eigenvalue weighted by Crippen LogP contribution is 2.37. The number of anilines is 2. The molecule has 0 saturated heterocycles. The molecule has 1 fully saturated rings. The third kappa shape index (κ3) is 4.90. The van der Waals surface area contributed by atoms with Crippen LogP contribution in [0.15, 0.2) is 18.2 Å². The molecule has 0 aromatic heterocycles. The molecule has 1 aliphatic rings. The minimum Gasteiger partial charge on any atom is -0.444 e. The van der Waals surface area contributed by atoms with Crippen molar-refractivity contribution < 1.29 is 13.9 Å². The SMILES string of the molecule is CCC(Nc1cc(F)ccc1NC(=O)OC(C)(C)C)C1CC1. The minimum atomic E-state index is -0.572. The zero-order chi connectivity index (χ0) is 16.3. The number of carbonyl (C=O) groups is 1. The topological polar surface area (TPSA) is 50.4 Å². The van der Waals surface area contributed by atoms with Crippen molar-refractivity contribution in [3.63, 3.8) is 0 Å². The van der Waals surface area contributed by atoms with Gasteiger partial charge in [0, 0.05) is 6.04 Å². The van der Waals surface area contributed by atoms with Crippen LogP contribution in [0.4, 0.5) is 20.6 Å². The molecule has 1 amide bonds. The second-order valence-corrected chi connectivity index (χ2v) is 6.81. The van der Waals surface area contributed by atoms with Gasteiger partial charge in [0.05, 0.1) is 11.4 Å². The number of carbonyl (C=O) groups excluding carboxylic acids is 1. The van der Waals surface area contributed by atoms with Crippen molar-refractivity contribution in [3.05, 3.63) is 24.0 Å². The van der Waals surface area contributed by atoms with E-state index in [0.29, 0.717) is 23.3 Å². The van der Waals surface area contributed by atoms with Crippen LogP contribution in [0.25, 0.3) is 0 Å². The van der Waals surface area contributed by atoms with Crippen molar-refractivity contribution in [2.75, 3.05) is 10.6 Å². The van der Waals surface area contributed by atoms with E-state index in [-0.39, 0.29) is 5.82 Å². The van der Waals surface area contributed by atoms with Crippen LogP contribution in [-0.2, 0) is 4.74 Å². The highest BCUT2D eigenvalue weighted by atomic mass is 19.1. The Labute approximate surface area is 131 Å². The molecule has 0 aliphatic heterocycles. The fourth-order valence-corrected chi connectivity index (χ4v) is 2.41. The van der Waals surface area contributed by atoms with Gasteiger partial charge >= 0.3 is 6.09 Å². The molecule has 0 heterocycles. The zero-order valence-electron chi connectivity index (χ0n) is 13.7. The Morgan fingerprint density at radius 2 is 2.05 bits per heavy atom. The van der Waals surface area contributed by atoms with Gasteiger partial charge in [-0.25, -0.2) is 9.18 Å². The van der Waals surface area contributed by atoms with Gasteiger partial charge in [0.1, 0.15) is 11.4 Å². The standard InChI is InChI=1S/C17H25FN2O2/c1-5-13(11-6-7-11)19-15-10-12(18)8-9-14(15)20-16(21)22-17(2,3)4/h8-11,13,19H,5-7H2,1-4H3,(H,20,21). The van der Waals surface area contributed by atoms with Crippen LogP contribution in [0.1, 0.15) is 47.0 Å². The molecule has 2 N–H and O–H groups in total. The summed E-state index contributed by atoms with van der Waals surface area (Å²) in [4.78, 5) is 11.9. The summed E-state index contributed by atoms with van der Waals surface area (Å²) in [7, 11) is 0. The van der Waals surface area contributed by atoms with Gasteiger partial charge < -0.3 is 10.1 Å². The largest absolute Gasteiger partial charge is 0.444 e. The van der Waals surface area contributed by atoms with E-state index in [1.165, 1.54) is 25.0 Å². The van der Waals surface area contributed by atoms with E-state index >= 15 is 0 Å². The van der Waals surface area contributed by atoms with Gasteiger partial charge in [-0.05, 0) is 64.2 Å².